The van der Waals surface area contributed by atoms with Crippen molar-refractivity contribution in [3.8, 4) is 0 Å². The van der Waals surface area contributed by atoms with Crippen molar-refractivity contribution < 1.29 is 4.79 Å². The Bertz CT molecular complexity index is 93.9. The number of unbranched alkanes of at least 4 members (excludes halogenated alkanes) is 1. The third-order valence-corrected chi connectivity index (χ3v) is 2.36. The van der Waals surface area contributed by atoms with Gasteiger partial charge in [-0.1, -0.05) is 20.8 Å². The summed E-state index contributed by atoms with van der Waals surface area (Å²) in [6.45, 7) is 6.58. The summed E-state index contributed by atoms with van der Waals surface area (Å²) >= 11 is 1.91. The van der Waals surface area contributed by atoms with Gasteiger partial charge in [-0.05, 0) is 12.2 Å². The first kappa shape index (κ1) is 10.0. The van der Waals surface area contributed by atoms with Gasteiger partial charge in [0.15, 0.2) is 0 Å². The van der Waals surface area contributed by atoms with E-state index in [1.807, 2.05) is 11.8 Å². The van der Waals surface area contributed by atoms with E-state index in [0.717, 1.165) is 18.5 Å². The van der Waals surface area contributed by atoms with Gasteiger partial charge in [0.1, 0.15) is 6.29 Å². The molecule has 0 aliphatic heterocycles. The summed E-state index contributed by atoms with van der Waals surface area (Å²) in [5.74, 6) is 1.10. The minimum Gasteiger partial charge on any atom is -0.303 e. The molecule has 0 aromatic rings. The topological polar surface area (TPSA) is 17.1 Å². The lowest BCUT2D eigenvalue weighted by atomic mass is 10.3. The van der Waals surface area contributed by atoms with E-state index in [4.69, 9.17) is 0 Å². The molecule has 0 unspecified atom stereocenters. The largest absolute Gasteiger partial charge is 0.303 e. The lowest BCUT2D eigenvalue weighted by Crippen LogP contribution is -2.08. The summed E-state index contributed by atoms with van der Waals surface area (Å²) in [6.07, 6.45) is 2.72. The Kier molecular flexibility index (Phi) is 4.79. The second kappa shape index (κ2) is 4.78. The number of thioether (sulfide) groups is 1. The molecular formula is C8H16OS. The van der Waals surface area contributed by atoms with Crippen LogP contribution in [0.5, 0.6) is 0 Å². The van der Waals surface area contributed by atoms with Gasteiger partial charge >= 0.3 is 0 Å². The monoisotopic (exact) mass is 160 g/mol. The van der Waals surface area contributed by atoms with Crippen LogP contribution in [0.1, 0.15) is 33.6 Å². The summed E-state index contributed by atoms with van der Waals surface area (Å²) in [7, 11) is 0. The van der Waals surface area contributed by atoms with Gasteiger partial charge in [0.2, 0.25) is 0 Å². The molecule has 0 aromatic carbocycles. The molecule has 1 nitrogen and oxygen atoms in total. The van der Waals surface area contributed by atoms with Gasteiger partial charge in [-0.15, -0.1) is 0 Å². The smallest absolute Gasteiger partial charge is 0.120 e. The number of hydrogen-bond acceptors (Lipinski definition) is 2. The number of carbonyl (C=O) groups excluding carboxylic acids is 1. The zero-order valence-corrected chi connectivity index (χ0v) is 7.83. The molecule has 60 valence electrons. The van der Waals surface area contributed by atoms with Crippen LogP contribution in [-0.4, -0.2) is 16.8 Å². The maximum atomic E-state index is 9.92. The van der Waals surface area contributed by atoms with Crippen LogP contribution in [0, 0.1) is 0 Å². The zero-order chi connectivity index (χ0) is 8.04. The first-order chi connectivity index (χ1) is 4.56. The molecule has 2 heteroatoms. The standard InChI is InChI=1S/C8H16OS/c1-8(2,3)10-7-5-4-6-9/h6H,4-5,7H2,1-3H3. The Hall–Kier alpha value is 0.0200. The maximum Gasteiger partial charge on any atom is 0.120 e. The fourth-order valence-electron chi connectivity index (χ4n) is 0.545. The molecule has 0 atom stereocenters. The normalized spacial score (nSPS) is 11.5. The van der Waals surface area contributed by atoms with Crippen molar-refractivity contribution in [3.05, 3.63) is 0 Å². The van der Waals surface area contributed by atoms with Crippen LogP contribution in [0.2, 0.25) is 0 Å². The van der Waals surface area contributed by atoms with E-state index in [-0.39, 0.29) is 0 Å². The minimum absolute atomic E-state index is 0.350. The van der Waals surface area contributed by atoms with E-state index in [1.165, 1.54) is 0 Å². The quantitative estimate of drug-likeness (QED) is 0.464. The predicted octanol–water partition coefficient (Wildman–Crippen LogP) is 2.50. The Morgan fingerprint density at radius 3 is 2.40 bits per heavy atom. The van der Waals surface area contributed by atoms with Crippen molar-refractivity contribution in [1.82, 2.24) is 0 Å². The molecule has 0 saturated heterocycles. The highest BCUT2D eigenvalue weighted by atomic mass is 32.2. The Labute approximate surface area is 67.6 Å². The van der Waals surface area contributed by atoms with Gasteiger partial charge in [-0.3, -0.25) is 0 Å². The van der Waals surface area contributed by atoms with E-state index >= 15 is 0 Å². The maximum absolute atomic E-state index is 9.92. The molecule has 0 bridgehead atoms. The molecule has 0 spiro atoms. The first-order valence-corrected chi connectivity index (χ1v) is 4.62. The number of carbonyl (C=O) groups is 1. The number of rotatable bonds is 4. The van der Waals surface area contributed by atoms with E-state index in [9.17, 15) is 4.79 Å². The molecule has 0 radical (unpaired) electrons. The van der Waals surface area contributed by atoms with Crippen LogP contribution < -0.4 is 0 Å². The van der Waals surface area contributed by atoms with Crippen LogP contribution >= 0.6 is 11.8 Å². The van der Waals surface area contributed by atoms with Crippen LogP contribution in [0.15, 0.2) is 0 Å². The second-order valence-electron chi connectivity index (χ2n) is 3.27. The van der Waals surface area contributed by atoms with Gasteiger partial charge in [-0.2, -0.15) is 11.8 Å². The van der Waals surface area contributed by atoms with Crippen molar-refractivity contribution in [2.24, 2.45) is 0 Å². The predicted molar refractivity (Wildman–Crippen MR) is 47.5 cm³/mol. The van der Waals surface area contributed by atoms with Crippen LogP contribution in [0.3, 0.4) is 0 Å². The molecule has 0 N–H and O–H groups in total. The number of hydrogen-bond donors (Lipinski definition) is 0. The van der Waals surface area contributed by atoms with Crippen molar-refractivity contribution in [3.63, 3.8) is 0 Å². The van der Waals surface area contributed by atoms with Gasteiger partial charge < -0.3 is 4.79 Å². The van der Waals surface area contributed by atoms with Crippen LogP contribution in [-0.2, 0) is 4.79 Å². The van der Waals surface area contributed by atoms with Crippen molar-refractivity contribution in [2.45, 2.75) is 38.4 Å². The first-order valence-electron chi connectivity index (χ1n) is 3.64. The molecule has 0 saturated carbocycles. The Morgan fingerprint density at radius 2 is 2.00 bits per heavy atom. The van der Waals surface area contributed by atoms with Crippen molar-refractivity contribution in [1.29, 1.82) is 0 Å². The Morgan fingerprint density at radius 1 is 1.40 bits per heavy atom. The summed E-state index contributed by atoms with van der Waals surface area (Å²) in [5, 5.41) is 0. The van der Waals surface area contributed by atoms with Gasteiger partial charge in [0.25, 0.3) is 0 Å². The highest BCUT2D eigenvalue weighted by Crippen LogP contribution is 2.23. The second-order valence-corrected chi connectivity index (χ2v) is 5.19. The highest BCUT2D eigenvalue weighted by Gasteiger charge is 2.08. The molecule has 0 aliphatic rings. The summed E-state index contributed by atoms with van der Waals surface area (Å²) < 4.78 is 0.350. The molecular weight excluding hydrogens is 144 g/mol. The summed E-state index contributed by atoms with van der Waals surface area (Å²) in [4.78, 5) is 9.92. The molecule has 0 heterocycles. The molecule has 0 aromatic heterocycles. The lowest BCUT2D eigenvalue weighted by Gasteiger charge is -2.16. The Balaban J connectivity index is 3.12. The van der Waals surface area contributed by atoms with Crippen LogP contribution in [0.4, 0.5) is 0 Å². The molecule has 0 amide bonds. The van der Waals surface area contributed by atoms with E-state index in [1.54, 1.807) is 0 Å². The molecule has 0 fully saturated rings. The van der Waals surface area contributed by atoms with Gasteiger partial charge in [-0.25, -0.2) is 0 Å². The van der Waals surface area contributed by atoms with Crippen molar-refractivity contribution in [2.75, 3.05) is 5.75 Å². The summed E-state index contributed by atoms with van der Waals surface area (Å²) in [5.41, 5.74) is 0. The fraction of sp³-hybridized carbons (Fsp3) is 0.875. The SMILES string of the molecule is CC(C)(C)SCCCC=O. The molecule has 0 rings (SSSR count). The van der Waals surface area contributed by atoms with Crippen molar-refractivity contribution >= 4 is 18.0 Å². The van der Waals surface area contributed by atoms with E-state index < -0.39 is 0 Å². The molecule has 10 heavy (non-hydrogen) atoms. The third-order valence-electron chi connectivity index (χ3n) is 1.00. The van der Waals surface area contributed by atoms with Crippen LogP contribution in [0.25, 0.3) is 0 Å². The zero-order valence-electron chi connectivity index (χ0n) is 7.02. The minimum atomic E-state index is 0.350. The average Bonchev–Trinajstić information content (AvgIpc) is 1.78. The molecule has 0 aliphatic carbocycles. The fourth-order valence-corrected chi connectivity index (χ4v) is 1.47. The average molecular weight is 160 g/mol. The van der Waals surface area contributed by atoms with E-state index in [2.05, 4.69) is 20.8 Å². The highest BCUT2D eigenvalue weighted by molar-refractivity contribution is 8.00. The van der Waals surface area contributed by atoms with Gasteiger partial charge in [0, 0.05) is 11.2 Å². The lowest BCUT2D eigenvalue weighted by molar-refractivity contribution is -0.107. The summed E-state index contributed by atoms with van der Waals surface area (Å²) in [6, 6.07) is 0. The van der Waals surface area contributed by atoms with Gasteiger partial charge in [0.05, 0.1) is 0 Å². The third kappa shape index (κ3) is 8.02. The number of aldehydes is 1. The van der Waals surface area contributed by atoms with E-state index in [0.29, 0.717) is 11.2 Å².